The molecule has 1 heterocycles. The predicted octanol–water partition coefficient (Wildman–Crippen LogP) is 0.571. The van der Waals surface area contributed by atoms with Crippen molar-refractivity contribution in [2.24, 2.45) is 0 Å². The van der Waals surface area contributed by atoms with Gasteiger partial charge >= 0.3 is 0 Å². The molecule has 1 aliphatic heterocycles. The van der Waals surface area contributed by atoms with E-state index in [-0.39, 0.29) is 5.25 Å². The molecule has 1 fully saturated rings. The highest BCUT2D eigenvalue weighted by Gasteiger charge is 2.34. The summed E-state index contributed by atoms with van der Waals surface area (Å²) < 4.78 is 25.0. The van der Waals surface area contributed by atoms with Crippen LogP contribution in [0.5, 0.6) is 0 Å². The second-order valence-electron chi connectivity index (χ2n) is 4.49. The Kier molecular flexibility index (Phi) is 3.23. The van der Waals surface area contributed by atoms with Crippen molar-refractivity contribution in [3.8, 4) is 0 Å². The van der Waals surface area contributed by atoms with Crippen LogP contribution in [-0.4, -0.2) is 41.8 Å². The quantitative estimate of drug-likeness (QED) is 0.741. The van der Waals surface area contributed by atoms with E-state index in [1.54, 1.807) is 20.8 Å². The lowest BCUT2D eigenvalue weighted by molar-refractivity contribution is 0.0125. The van der Waals surface area contributed by atoms with Crippen LogP contribution in [0.1, 0.15) is 33.6 Å². The number of rotatable bonds is 2. The fourth-order valence-corrected chi connectivity index (χ4v) is 2.81. The average molecular weight is 221 g/mol. The van der Waals surface area contributed by atoms with Crippen molar-refractivity contribution in [1.29, 1.82) is 0 Å². The number of piperidine rings is 1. The fourth-order valence-electron chi connectivity index (χ4n) is 1.52. The van der Waals surface area contributed by atoms with E-state index in [0.717, 1.165) is 0 Å². The molecule has 0 amide bonds. The molecular weight excluding hydrogens is 202 g/mol. The number of hydrogen-bond donors (Lipinski definition) is 1. The highest BCUT2D eigenvalue weighted by Crippen LogP contribution is 2.24. The molecule has 0 atom stereocenters. The van der Waals surface area contributed by atoms with Gasteiger partial charge in [-0.2, -0.15) is 0 Å². The Balaban J connectivity index is 2.68. The monoisotopic (exact) mass is 221 g/mol. The zero-order valence-corrected chi connectivity index (χ0v) is 9.84. The van der Waals surface area contributed by atoms with Crippen molar-refractivity contribution in [2.45, 2.75) is 44.5 Å². The Bertz CT molecular complexity index is 285. The Morgan fingerprint density at radius 1 is 1.29 bits per heavy atom. The second-order valence-corrected chi connectivity index (χ2v) is 6.98. The smallest absolute Gasteiger partial charge is 0.216 e. The van der Waals surface area contributed by atoms with Crippen LogP contribution in [0.2, 0.25) is 0 Å². The minimum Gasteiger partial charge on any atom is -0.390 e. The zero-order chi connectivity index (χ0) is 11.0. The van der Waals surface area contributed by atoms with Crippen molar-refractivity contribution in [1.82, 2.24) is 4.31 Å². The molecule has 0 aromatic carbocycles. The number of aliphatic hydroxyl groups is 1. The predicted molar refractivity (Wildman–Crippen MR) is 55.5 cm³/mol. The SMILES string of the molecule is CC(C)S(=O)(=O)N1CCC(C)(O)CC1. The van der Waals surface area contributed by atoms with Crippen molar-refractivity contribution in [2.75, 3.05) is 13.1 Å². The summed E-state index contributed by atoms with van der Waals surface area (Å²) in [7, 11) is -3.13. The third kappa shape index (κ3) is 2.46. The van der Waals surface area contributed by atoms with Crippen LogP contribution in [0.15, 0.2) is 0 Å². The number of nitrogens with zero attached hydrogens (tertiary/aromatic N) is 1. The molecule has 14 heavy (non-hydrogen) atoms. The molecular formula is C9H19NO3S. The molecule has 1 N–H and O–H groups in total. The summed E-state index contributed by atoms with van der Waals surface area (Å²) >= 11 is 0. The molecule has 0 aromatic heterocycles. The standard InChI is InChI=1S/C9H19NO3S/c1-8(2)14(12,13)10-6-4-9(3,11)5-7-10/h8,11H,4-7H2,1-3H3. The lowest BCUT2D eigenvalue weighted by atomic mass is 9.95. The molecule has 4 nitrogen and oxygen atoms in total. The van der Waals surface area contributed by atoms with Gasteiger partial charge in [-0.1, -0.05) is 0 Å². The summed E-state index contributed by atoms with van der Waals surface area (Å²) in [5.41, 5.74) is -0.691. The van der Waals surface area contributed by atoms with E-state index in [4.69, 9.17) is 0 Å². The van der Waals surface area contributed by atoms with Crippen LogP contribution in [0.4, 0.5) is 0 Å². The first kappa shape index (κ1) is 11.9. The molecule has 1 saturated heterocycles. The molecule has 0 radical (unpaired) electrons. The summed E-state index contributed by atoms with van der Waals surface area (Å²) in [6.45, 7) is 6.00. The van der Waals surface area contributed by atoms with Crippen molar-refractivity contribution in [3.63, 3.8) is 0 Å². The molecule has 84 valence electrons. The molecule has 1 rings (SSSR count). The molecule has 5 heteroatoms. The summed E-state index contributed by atoms with van der Waals surface area (Å²) in [5.74, 6) is 0. The van der Waals surface area contributed by atoms with Gasteiger partial charge in [0.1, 0.15) is 0 Å². The zero-order valence-electron chi connectivity index (χ0n) is 9.02. The minimum absolute atomic E-state index is 0.370. The second kappa shape index (κ2) is 3.79. The molecule has 0 aromatic rings. The van der Waals surface area contributed by atoms with Crippen molar-refractivity contribution >= 4 is 10.0 Å². The molecule has 0 unspecified atom stereocenters. The number of sulfonamides is 1. The van der Waals surface area contributed by atoms with Gasteiger partial charge in [0.25, 0.3) is 0 Å². The topological polar surface area (TPSA) is 57.6 Å². The Hall–Kier alpha value is -0.130. The van der Waals surface area contributed by atoms with E-state index in [0.29, 0.717) is 25.9 Å². The first-order valence-electron chi connectivity index (χ1n) is 4.97. The first-order valence-corrected chi connectivity index (χ1v) is 6.47. The van der Waals surface area contributed by atoms with Gasteiger partial charge < -0.3 is 5.11 Å². The van der Waals surface area contributed by atoms with Crippen LogP contribution in [0.25, 0.3) is 0 Å². The van der Waals surface area contributed by atoms with Gasteiger partial charge in [-0.25, -0.2) is 12.7 Å². The van der Waals surface area contributed by atoms with Gasteiger partial charge in [-0.3, -0.25) is 0 Å². The van der Waals surface area contributed by atoms with Crippen LogP contribution in [-0.2, 0) is 10.0 Å². The third-order valence-corrected chi connectivity index (χ3v) is 5.03. The summed E-state index contributed by atoms with van der Waals surface area (Å²) in [6.07, 6.45) is 1.05. The molecule has 0 aliphatic carbocycles. The molecule has 0 saturated carbocycles. The van der Waals surface area contributed by atoms with Gasteiger partial charge in [0.2, 0.25) is 10.0 Å². The van der Waals surface area contributed by atoms with Gasteiger partial charge in [0.15, 0.2) is 0 Å². The van der Waals surface area contributed by atoms with E-state index >= 15 is 0 Å². The highest BCUT2D eigenvalue weighted by molar-refractivity contribution is 7.89. The van der Waals surface area contributed by atoms with E-state index in [1.165, 1.54) is 4.31 Å². The van der Waals surface area contributed by atoms with Crippen LogP contribution in [0, 0.1) is 0 Å². The van der Waals surface area contributed by atoms with Crippen LogP contribution in [0.3, 0.4) is 0 Å². The third-order valence-electron chi connectivity index (χ3n) is 2.76. The maximum Gasteiger partial charge on any atom is 0.216 e. The maximum absolute atomic E-state index is 11.7. The van der Waals surface area contributed by atoms with E-state index < -0.39 is 15.6 Å². The lowest BCUT2D eigenvalue weighted by Gasteiger charge is -2.35. The van der Waals surface area contributed by atoms with E-state index in [9.17, 15) is 13.5 Å². The average Bonchev–Trinajstić information content (AvgIpc) is 2.03. The Morgan fingerprint density at radius 3 is 2.07 bits per heavy atom. The van der Waals surface area contributed by atoms with Gasteiger partial charge in [0, 0.05) is 13.1 Å². The largest absolute Gasteiger partial charge is 0.390 e. The maximum atomic E-state index is 11.7. The number of hydrogen-bond acceptors (Lipinski definition) is 3. The van der Waals surface area contributed by atoms with E-state index in [1.807, 2.05) is 0 Å². The van der Waals surface area contributed by atoms with Crippen LogP contribution < -0.4 is 0 Å². The Labute approximate surface area is 86.0 Å². The molecule has 0 bridgehead atoms. The minimum atomic E-state index is -3.13. The summed E-state index contributed by atoms with van der Waals surface area (Å²) in [6, 6.07) is 0. The fraction of sp³-hybridized carbons (Fsp3) is 1.00. The van der Waals surface area contributed by atoms with E-state index in [2.05, 4.69) is 0 Å². The lowest BCUT2D eigenvalue weighted by Crippen LogP contribution is -2.47. The van der Waals surface area contributed by atoms with Crippen LogP contribution >= 0.6 is 0 Å². The highest BCUT2D eigenvalue weighted by atomic mass is 32.2. The molecule has 1 aliphatic rings. The van der Waals surface area contributed by atoms with Crippen molar-refractivity contribution in [3.05, 3.63) is 0 Å². The Morgan fingerprint density at radius 2 is 1.71 bits per heavy atom. The summed E-state index contributed by atoms with van der Waals surface area (Å²) in [5, 5.41) is 9.31. The van der Waals surface area contributed by atoms with Gasteiger partial charge in [-0.05, 0) is 33.6 Å². The normalized spacial score (nSPS) is 24.1. The van der Waals surface area contributed by atoms with Gasteiger partial charge in [0.05, 0.1) is 10.9 Å². The van der Waals surface area contributed by atoms with Gasteiger partial charge in [-0.15, -0.1) is 0 Å². The molecule has 0 spiro atoms. The first-order chi connectivity index (χ1) is 6.26. The summed E-state index contributed by atoms with van der Waals surface area (Å²) in [4.78, 5) is 0. The van der Waals surface area contributed by atoms with Crippen molar-refractivity contribution < 1.29 is 13.5 Å².